The summed E-state index contributed by atoms with van der Waals surface area (Å²) in [5, 5.41) is 5.48. The van der Waals surface area contributed by atoms with E-state index in [0.29, 0.717) is 37.7 Å². The van der Waals surface area contributed by atoms with Crippen molar-refractivity contribution in [2.75, 3.05) is 38.2 Å². The van der Waals surface area contributed by atoms with Crippen LogP contribution in [0.2, 0.25) is 0 Å². The minimum atomic E-state index is -3.56. The average molecular weight is 528 g/mol. The summed E-state index contributed by atoms with van der Waals surface area (Å²) in [5.74, 6) is 0.195. The minimum Gasteiger partial charge on any atom is -0.483 e. The van der Waals surface area contributed by atoms with Gasteiger partial charge in [-0.25, -0.2) is 8.42 Å². The molecule has 0 radical (unpaired) electrons. The summed E-state index contributed by atoms with van der Waals surface area (Å²) in [5.41, 5.74) is 1.45. The zero-order chi connectivity index (χ0) is 22.4. The molecule has 0 aliphatic carbocycles. The van der Waals surface area contributed by atoms with E-state index in [1.807, 2.05) is 19.1 Å². The largest absolute Gasteiger partial charge is 0.483 e. The van der Waals surface area contributed by atoms with Gasteiger partial charge >= 0.3 is 0 Å². The molecule has 1 aliphatic heterocycles. The number of anilines is 1. The molecular formula is C20H22BrN3O5S2. The number of sulfonamides is 1. The molecule has 0 spiro atoms. The van der Waals surface area contributed by atoms with Gasteiger partial charge in [-0.2, -0.15) is 4.31 Å². The van der Waals surface area contributed by atoms with Crippen LogP contribution in [0.1, 0.15) is 5.56 Å². The number of nitrogens with zero attached hydrogens (tertiary/aromatic N) is 1. The number of amides is 1. The van der Waals surface area contributed by atoms with Crippen LogP contribution >= 0.6 is 28.1 Å². The van der Waals surface area contributed by atoms with Gasteiger partial charge in [0.15, 0.2) is 11.7 Å². The number of aryl methyl sites for hydroxylation is 1. The maximum atomic E-state index is 12.6. The number of hydrogen-bond donors (Lipinski definition) is 2. The smallest absolute Gasteiger partial charge is 0.264 e. The van der Waals surface area contributed by atoms with Crippen LogP contribution in [0.15, 0.2) is 51.8 Å². The van der Waals surface area contributed by atoms with Crippen LogP contribution < -0.4 is 15.4 Å². The summed E-state index contributed by atoms with van der Waals surface area (Å²) in [6.07, 6.45) is 0. The molecule has 166 valence electrons. The fraction of sp³-hybridized carbons (Fsp3) is 0.300. The first-order chi connectivity index (χ1) is 14.8. The van der Waals surface area contributed by atoms with E-state index in [1.165, 1.54) is 16.4 Å². The van der Waals surface area contributed by atoms with Crippen LogP contribution in [-0.4, -0.2) is 56.7 Å². The Kier molecular flexibility index (Phi) is 8.00. The Labute approximate surface area is 195 Å². The standard InChI is InChI=1S/C20H22BrN3O5S2/c1-14-12-15(21)2-7-18(14)29-13-19(25)23-20(30)22-16-3-5-17(6-4-16)31(26,27)24-8-10-28-11-9-24/h2-7,12H,8-11,13H2,1H3,(H2,22,23,25,30). The van der Waals surface area contributed by atoms with Gasteiger partial charge in [0.2, 0.25) is 10.0 Å². The van der Waals surface area contributed by atoms with Gasteiger partial charge in [-0.3, -0.25) is 10.1 Å². The first kappa shape index (κ1) is 23.6. The monoisotopic (exact) mass is 527 g/mol. The Morgan fingerprint density at radius 1 is 1.19 bits per heavy atom. The van der Waals surface area contributed by atoms with Gasteiger partial charge in [-0.15, -0.1) is 0 Å². The Bertz CT molecular complexity index is 1050. The molecule has 11 heteroatoms. The van der Waals surface area contributed by atoms with Gasteiger partial charge in [0.05, 0.1) is 18.1 Å². The van der Waals surface area contributed by atoms with Crippen molar-refractivity contribution >= 4 is 54.9 Å². The third-order valence-electron chi connectivity index (χ3n) is 4.47. The van der Waals surface area contributed by atoms with Crippen molar-refractivity contribution in [2.24, 2.45) is 0 Å². The van der Waals surface area contributed by atoms with Crippen molar-refractivity contribution in [3.8, 4) is 5.75 Å². The van der Waals surface area contributed by atoms with E-state index in [4.69, 9.17) is 21.7 Å². The summed E-state index contributed by atoms with van der Waals surface area (Å²) in [6.45, 7) is 3.13. The third-order valence-corrected chi connectivity index (χ3v) is 7.08. The van der Waals surface area contributed by atoms with Gasteiger partial charge in [0, 0.05) is 23.2 Å². The van der Waals surface area contributed by atoms with E-state index in [2.05, 4.69) is 26.6 Å². The molecule has 2 aromatic rings. The number of benzene rings is 2. The Morgan fingerprint density at radius 2 is 1.87 bits per heavy atom. The first-order valence-corrected chi connectivity index (χ1v) is 12.1. The van der Waals surface area contributed by atoms with Gasteiger partial charge in [-0.05, 0) is 67.2 Å². The Balaban J connectivity index is 1.51. The van der Waals surface area contributed by atoms with Crippen molar-refractivity contribution in [1.29, 1.82) is 0 Å². The molecular weight excluding hydrogens is 506 g/mol. The second kappa shape index (κ2) is 10.5. The summed E-state index contributed by atoms with van der Waals surface area (Å²) < 4.78 is 38.3. The van der Waals surface area contributed by atoms with Crippen LogP contribution in [0, 0.1) is 6.92 Å². The van der Waals surface area contributed by atoms with Gasteiger partial charge in [-0.1, -0.05) is 15.9 Å². The fourth-order valence-corrected chi connectivity index (χ4v) is 5.00. The topological polar surface area (TPSA) is 97.0 Å². The lowest BCUT2D eigenvalue weighted by atomic mass is 10.2. The van der Waals surface area contributed by atoms with Crippen molar-refractivity contribution in [3.63, 3.8) is 0 Å². The molecule has 0 bridgehead atoms. The zero-order valence-corrected chi connectivity index (χ0v) is 20.0. The molecule has 0 aromatic heterocycles. The highest BCUT2D eigenvalue weighted by Gasteiger charge is 2.26. The molecule has 3 rings (SSSR count). The number of thiocarbonyl (C=S) groups is 1. The van der Waals surface area contributed by atoms with Gasteiger partial charge in [0.1, 0.15) is 5.75 Å². The maximum absolute atomic E-state index is 12.6. The maximum Gasteiger partial charge on any atom is 0.264 e. The molecule has 0 unspecified atom stereocenters. The van der Waals surface area contributed by atoms with E-state index in [9.17, 15) is 13.2 Å². The molecule has 1 aliphatic rings. The lowest BCUT2D eigenvalue weighted by molar-refractivity contribution is -0.121. The summed E-state index contributed by atoms with van der Waals surface area (Å²) in [4.78, 5) is 12.3. The van der Waals surface area contributed by atoms with Crippen LogP contribution in [0.4, 0.5) is 5.69 Å². The SMILES string of the molecule is Cc1cc(Br)ccc1OCC(=O)NC(=S)Nc1ccc(S(=O)(=O)N2CCOCC2)cc1. The summed E-state index contributed by atoms with van der Waals surface area (Å²) >= 11 is 8.52. The number of nitrogens with one attached hydrogen (secondary N) is 2. The van der Waals surface area contributed by atoms with Crippen molar-refractivity contribution in [1.82, 2.24) is 9.62 Å². The molecule has 0 saturated carbocycles. The fourth-order valence-electron chi connectivity index (χ4n) is 2.89. The molecule has 31 heavy (non-hydrogen) atoms. The molecule has 1 saturated heterocycles. The lowest BCUT2D eigenvalue weighted by Crippen LogP contribution is -2.40. The molecule has 0 atom stereocenters. The Hall–Kier alpha value is -2.05. The summed E-state index contributed by atoms with van der Waals surface area (Å²) in [6, 6.07) is 11.7. The number of rotatable bonds is 6. The normalized spacial score (nSPS) is 14.6. The quantitative estimate of drug-likeness (QED) is 0.557. The van der Waals surface area contributed by atoms with Crippen LogP contribution in [0.3, 0.4) is 0 Å². The number of carbonyl (C=O) groups is 1. The van der Waals surface area contributed by atoms with E-state index in [1.54, 1.807) is 18.2 Å². The van der Waals surface area contributed by atoms with E-state index in [0.717, 1.165) is 10.0 Å². The van der Waals surface area contributed by atoms with E-state index >= 15 is 0 Å². The Morgan fingerprint density at radius 3 is 2.52 bits per heavy atom. The highest BCUT2D eigenvalue weighted by atomic mass is 79.9. The molecule has 2 N–H and O–H groups in total. The minimum absolute atomic E-state index is 0.0879. The van der Waals surface area contributed by atoms with E-state index < -0.39 is 15.9 Å². The molecule has 1 heterocycles. The van der Waals surface area contributed by atoms with Crippen molar-refractivity contribution in [2.45, 2.75) is 11.8 Å². The third kappa shape index (κ3) is 6.47. The molecule has 1 amide bonds. The predicted octanol–water partition coefficient (Wildman–Crippen LogP) is 2.67. The summed E-state index contributed by atoms with van der Waals surface area (Å²) in [7, 11) is -3.56. The predicted molar refractivity (Wildman–Crippen MR) is 125 cm³/mol. The van der Waals surface area contributed by atoms with Crippen molar-refractivity contribution in [3.05, 3.63) is 52.5 Å². The molecule has 2 aromatic carbocycles. The van der Waals surface area contributed by atoms with Crippen molar-refractivity contribution < 1.29 is 22.7 Å². The first-order valence-electron chi connectivity index (χ1n) is 9.43. The number of morpholine rings is 1. The lowest BCUT2D eigenvalue weighted by Gasteiger charge is -2.26. The second-order valence-corrected chi connectivity index (χ2v) is 10.0. The van der Waals surface area contributed by atoms with E-state index in [-0.39, 0.29) is 16.6 Å². The van der Waals surface area contributed by atoms with Crippen LogP contribution in [0.5, 0.6) is 5.75 Å². The number of ether oxygens (including phenoxy) is 2. The second-order valence-electron chi connectivity index (χ2n) is 6.74. The van der Waals surface area contributed by atoms with Crippen LogP contribution in [-0.2, 0) is 19.6 Å². The highest BCUT2D eigenvalue weighted by Crippen LogP contribution is 2.22. The number of halogens is 1. The van der Waals surface area contributed by atoms with Gasteiger partial charge in [0.25, 0.3) is 5.91 Å². The number of carbonyl (C=O) groups excluding carboxylic acids is 1. The molecule has 8 nitrogen and oxygen atoms in total. The van der Waals surface area contributed by atoms with Crippen LogP contribution in [0.25, 0.3) is 0 Å². The highest BCUT2D eigenvalue weighted by molar-refractivity contribution is 9.10. The number of hydrogen-bond acceptors (Lipinski definition) is 6. The zero-order valence-electron chi connectivity index (χ0n) is 16.8. The average Bonchev–Trinajstić information content (AvgIpc) is 2.74. The molecule has 1 fully saturated rings. The van der Waals surface area contributed by atoms with Gasteiger partial charge < -0.3 is 14.8 Å².